The molecule has 0 saturated carbocycles. The highest BCUT2D eigenvalue weighted by molar-refractivity contribution is 6.09. The molecule has 208 valence electrons. The van der Waals surface area contributed by atoms with Crippen LogP contribution in [0.3, 0.4) is 0 Å². The van der Waals surface area contributed by atoms with E-state index in [1.54, 1.807) is 24.3 Å². The van der Waals surface area contributed by atoms with E-state index in [4.69, 9.17) is 9.57 Å². The van der Waals surface area contributed by atoms with E-state index in [9.17, 15) is 18.4 Å². The zero-order chi connectivity index (χ0) is 28.7. The Morgan fingerprint density at radius 3 is 2.10 bits per heavy atom. The standard InChI is InChI=1S/C33H28F2N2O4/c34-33(35,26-14-8-3-9-15-26)23-41-37(20-24-10-4-1-5-11-24)21-29(38)27-16-18-30(32-28(27)17-19-31(39)36-32)40-22-25-12-6-2-7-13-25/h1-19H,20-23H2,(H,36,39). The summed E-state index contributed by atoms with van der Waals surface area (Å²) in [5, 5.41) is 1.72. The van der Waals surface area contributed by atoms with Crippen LogP contribution in [-0.4, -0.2) is 29.0 Å². The zero-order valence-electron chi connectivity index (χ0n) is 22.1. The van der Waals surface area contributed by atoms with Crippen molar-refractivity contribution in [2.45, 2.75) is 19.1 Å². The molecule has 1 heterocycles. The molecule has 1 N–H and O–H groups in total. The molecule has 6 nitrogen and oxygen atoms in total. The fraction of sp³-hybridized carbons (Fsp3) is 0.152. The number of rotatable bonds is 12. The van der Waals surface area contributed by atoms with Crippen LogP contribution in [0, 0.1) is 0 Å². The van der Waals surface area contributed by atoms with Crippen molar-refractivity contribution in [3.63, 3.8) is 0 Å². The smallest absolute Gasteiger partial charge is 0.298 e. The molecule has 0 aliphatic heterocycles. The van der Waals surface area contributed by atoms with Crippen molar-refractivity contribution in [1.29, 1.82) is 0 Å². The van der Waals surface area contributed by atoms with Crippen LogP contribution in [0.15, 0.2) is 120 Å². The van der Waals surface area contributed by atoms with Gasteiger partial charge in [0.15, 0.2) is 5.78 Å². The maximum Gasteiger partial charge on any atom is 0.298 e. The summed E-state index contributed by atoms with van der Waals surface area (Å²) in [6.07, 6.45) is 0. The van der Waals surface area contributed by atoms with Crippen LogP contribution in [0.2, 0.25) is 0 Å². The number of aromatic nitrogens is 1. The highest BCUT2D eigenvalue weighted by Crippen LogP contribution is 2.30. The number of halogens is 2. The molecular weight excluding hydrogens is 526 g/mol. The van der Waals surface area contributed by atoms with E-state index in [2.05, 4.69) is 4.98 Å². The summed E-state index contributed by atoms with van der Waals surface area (Å²) in [7, 11) is 0. The van der Waals surface area contributed by atoms with Gasteiger partial charge in [-0.2, -0.15) is 13.8 Å². The van der Waals surface area contributed by atoms with Crippen LogP contribution in [0.1, 0.15) is 27.0 Å². The highest BCUT2D eigenvalue weighted by Gasteiger charge is 2.33. The number of ether oxygens (including phenoxy) is 1. The van der Waals surface area contributed by atoms with Gasteiger partial charge in [0.1, 0.15) is 19.0 Å². The van der Waals surface area contributed by atoms with Gasteiger partial charge in [0.05, 0.1) is 12.1 Å². The van der Waals surface area contributed by atoms with Gasteiger partial charge in [0, 0.05) is 29.1 Å². The van der Waals surface area contributed by atoms with Gasteiger partial charge >= 0.3 is 0 Å². The van der Waals surface area contributed by atoms with E-state index in [1.807, 2.05) is 60.7 Å². The third kappa shape index (κ3) is 7.11. The third-order valence-electron chi connectivity index (χ3n) is 6.54. The summed E-state index contributed by atoms with van der Waals surface area (Å²) in [6, 6.07) is 32.3. The Morgan fingerprint density at radius 2 is 1.41 bits per heavy atom. The molecule has 0 spiro atoms. The number of nitrogens with one attached hydrogen (secondary N) is 1. The van der Waals surface area contributed by atoms with Crippen molar-refractivity contribution < 1.29 is 23.1 Å². The maximum atomic E-state index is 14.9. The first kappa shape index (κ1) is 27.9. The predicted octanol–water partition coefficient (Wildman–Crippen LogP) is 6.52. The molecule has 4 aromatic carbocycles. The highest BCUT2D eigenvalue weighted by atomic mass is 19.3. The van der Waals surface area contributed by atoms with Gasteiger partial charge in [-0.3, -0.25) is 14.4 Å². The molecule has 0 unspecified atom stereocenters. The number of aromatic amines is 1. The van der Waals surface area contributed by atoms with Gasteiger partial charge in [-0.15, -0.1) is 0 Å². The second-order valence-electron chi connectivity index (χ2n) is 9.55. The lowest BCUT2D eigenvalue weighted by Crippen LogP contribution is -2.34. The fourth-order valence-corrected chi connectivity index (χ4v) is 4.44. The Balaban J connectivity index is 1.39. The van der Waals surface area contributed by atoms with Crippen LogP contribution >= 0.6 is 0 Å². The van der Waals surface area contributed by atoms with Crippen molar-refractivity contribution in [3.8, 4) is 5.75 Å². The van der Waals surface area contributed by atoms with E-state index in [-0.39, 0.29) is 36.6 Å². The van der Waals surface area contributed by atoms with E-state index in [1.165, 1.54) is 35.4 Å². The molecular formula is C33H28F2N2O4. The van der Waals surface area contributed by atoms with Gasteiger partial charge in [0.2, 0.25) is 5.56 Å². The minimum atomic E-state index is -3.26. The molecule has 41 heavy (non-hydrogen) atoms. The summed E-state index contributed by atoms with van der Waals surface area (Å²) in [4.78, 5) is 34.1. The average Bonchev–Trinajstić information content (AvgIpc) is 3.00. The number of hydrogen-bond donors (Lipinski definition) is 1. The molecule has 0 saturated heterocycles. The second-order valence-corrected chi connectivity index (χ2v) is 9.55. The number of pyridine rings is 1. The minimum Gasteiger partial charge on any atom is -0.487 e. The van der Waals surface area contributed by atoms with Crippen LogP contribution in [0.25, 0.3) is 10.9 Å². The summed E-state index contributed by atoms with van der Waals surface area (Å²) in [6.45, 7) is -0.839. The number of ketones is 1. The number of nitrogens with zero attached hydrogens (tertiary/aromatic N) is 1. The number of carbonyl (C=O) groups is 1. The van der Waals surface area contributed by atoms with Gasteiger partial charge in [-0.25, -0.2) is 0 Å². The number of hydroxylamine groups is 2. The van der Waals surface area contributed by atoms with E-state index in [0.717, 1.165) is 11.1 Å². The Morgan fingerprint density at radius 1 is 0.780 bits per heavy atom. The molecule has 0 fully saturated rings. The van der Waals surface area contributed by atoms with Gasteiger partial charge in [0.25, 0.3) is 5.92 Å². The SMILES string of the molecule is O=C(CN(Cc1ccccc1)OCC(F)(F)c1ccccc1)c1ccc(OCc2ccccc2)c2[nH]c(=O)ccc12. The van der Waals surface area contributed by atoms with Crippen molar-refractivity contribution >= 4 is 16.7 Å². The largest absolute Gasteiger partial charge is 0.487 e. The average molecular weight is 555 g/mol. The molecule has 0 atom stereocenters. The number of fused-ring (bicyclic) bond motifs is 1. The van der Waals surface area contributed by atoms with Crippen molar-refractivity contribution in [2.75, 3.05) is 13.2 Å². The number of H-pyrrole nitrogens is 1. The molecule has 0 amide bonds. The monoisotopic (exact) mass is 554 g/mol. The zero-order valence-corrected chi connectivity index (χ0v) is 22.1. The summed E-state index contributed by atoms with van der Waals surface area (Å²) >= 11 is 0. The minimum absolute atomic E-state index is 0.116. The molecule has 0 aliphatic rings. The Kier molecular flexibility index (Phi) is 8.62. The van der Waals surface area contributed by atoms with Crippen LogP contribution in [-0.2, 0) is 23.9 Å². The van der Waals surface area contributed by atoms with Gasteiger partial charge in [-0.05, 0) is 29.3 Å². The quantitative estimate of drug-likeness (QED) is 0.141. The number of carbonyl (C=O) groups excluding carboxylic acids is 1. The first-order valence-corrected chi connectivity index (χ1v) is 13.1. The Labute approximate surface area is 235 Å². The number of Topliss-reactive ketones (excluding diaryl/α,β-unsaturated/α-hetero) is 1. The molecule has 0 bridgehead atoms. The second kappa shape index (κ2) is 12.7. The first-order valence-electron chi connectivity index (χ1n) is 13.1. The summed E-state index contributed by atoms with van der Waals surface area (Å²) in [5.41, 5.74) is 1.91. The van der Waals surface area contributed by atoms with Crippen LogP contribution in [0.5, 0.6) is 5.75 Å². The molecule has 0 aliphatic carbocycles. The lowest BCUT2D eigenvalue weighted by atomic mass is 10.0. The lowest BCUT2D eigenvalue weighted by molar-refractivity contribution is -0.215. The first-order chi connectivity index (χ1) is 19.9. The van der Waals surface area contributed by atoms with E-state index in [0.29, 0.717) is 22.2 Å². The van der Waals surface area contributed by atoms with Gasteiger partial charge in [-0.1, -0.05) is 91.0 Å². The van der Waals surface area contributed by atoms with Crippen molar-refractivity contribution in [3.05, 3.63) is 148 Å². The molecule has 1 aromatic heterocycles. The topological polar surface area (TPSA) is 71.6 Å². The Hall–Kier alpha value is -4.66. The van der Waals surface area contributed by atoms with E-state index >= 15 is 0 Å². The maximum absolute atomic E-state index is 14.9. The number of benzene rings is 4. The molecule has 8 heteroatoms. The number of hydrogen-bond acceptors (Lipinski definition) is 5. The third-order valence-corrected chi connectivity index (χ3v) is 6.54. The van der Waals surface area contributed by atoms with Crippen molar-refractivity contribution in [2.24, 2.45) is 0 Å². The fourth-order valence-electron chi connectivity index (χ4n) is 4.44. The predicted molar refractivity (Wildman–Crippen MR) is 153 cm³/mol. The molecule has 5 aromatic rings. The summed E-state index contributed by atoms with van der Waals surface area (Å²) < 4.78 is 35.8. The van der Waals surface area contributed by atoms with Crippen LogP contribution < -0.4 is 10.3 Å². The van der Waals surface area contributed by atoms with Crippen LogP contribution in [0.4, 0.5) is 8.78 Å². The summed E-state index contributed by atoms with van der Waals surface area (Å²) in [5.74, 6) is -3.21. The molecule has 0 radical (unpaired) electrons. The van der Waals surface area contributed by atoms with Crippen molar-refractivity contribution in [1.82, 2.24) is 10.0 Å². The van der Waals surface area contributed by atoms with Gasteiger partial charge < -0.3 is 9.72 Å². The number of alkyl halides is 2. The lowest BCUT2D eigenvalue weighted by Gasteiger charge is -2.25. The Bertz CT molecular complexity index is 1660. The normalized spacial score (nSPS) is 11.6. The van der Waals surface area contributed by atoms with E-state index < -0.39 is 12.5 Å². The molecule has 5 rings (SSSR count).